The molecule has 0 saturated carbocycles. The van der Waals surface area contributed by atoms with Crippen LogP contribution in [0.4, 0.5) is 0 Å². The number of carbonyl (C=O) groups is 1. The van der Waals surface area contributed by atoms with Crippen LogP contribution >= 0.6 is 0 Å². The molecule has 0 aromatic carbocycles. The van der Waals surface area contributed by atoms with E-state index >= 15 is 0 Å². The van der Waals surface area contributed by atoms with Gasteiger partial charge in [-0.05, 0) is 18.6 Å². The van der Waals surface area contributed by atoms with Gasteiger partial charge >= 0.3 is 5.97 Å². The number of hydrogen-bond donors (Lipinski definition) is 1. The zero-order valence-electron chi connectivity index (χ0n) is 9.10. The van der Waals surface area contributed by atoms with Crippen LogP contribution in [0.1, 0.15) is 18.4 Å². The van der Waals surface area contributed by atoms with Gasteiger partial charge in [0, 0.05) is 12.6 Å². The fraction of sp³-hybridized carbons (Fsp3) is 0.364. The molecule has 84 valence electrons. The molecule has 0 aliphatic heterocycles. The van der Waals surface area contributed by atoms with Gasteiger partial charge in [-0.3, -0.25) is 4.79 Å². The highest BCUT2D eigenvalue weighted by molar-refractivity contribution is 5.70. The van der Waals surface area contributed by atoms with Crippen molar-refractivity contribution >= 4 is 17.2 Å². The van der Waals surface area contributed by atoms with Gasteiger partial charge in [0.25, 0.3) is 0 Å². The Morgan fingerprint density at radius 3 is 3.06 bits per heavy atom. The number of aliphatic carboxylic acids is 1. The van der Waals surface area contributed by atoms with Gasteiger partial charge in [-0.2, -0.15) is 4.98 Å². The molecule has 0 radical (unpaired) electrons. The van der Waals surface area contributed by atoms with E-state index in [4.69, 9.17) is 9.52 Å². The largest absolute Gasteiger partial charge is 0.481 e. The Labute approximate surface area is 92.1 Å². The molecular formula is C11H12N2O3. The summed E-state index contributed by atoms with van der Waals surface area (Å²) in [5.74, 6) is -0.941. The zero-order chi connectivity index (χ0) is 11.7. The van der Waals surface area contributed by atoms with E-state index in [1.165, 1.54) is 0 Å². The molecule has 2 aromatic heterocycles. The standard InChI is InChI=1S/C11H12N2O3/c1-6-3-8-10(12-5-6)13-9(16-8)4-7(2)11(14)15/h3,5,7H,4H2,1-2H3,(H,14,15). The first-order chi connectivity index (χ1) is 7.56. The Hall–Kier alpha value is -1.91. The molecule has 0 fully saturated rings. The zero-order valence-corrected chi connectivity index (χ0v) is 9.10. The van der Waals surface area contributed by atoms with Gasteiger partial charge in [-0.15, -0.1) is 0 Å². The quantitative estimate of drug-likeness (QED) is 0.853. The number of pyridine rings is 1. The van der Waals surface area contributed by atoms with E-state index in [9.17, 15) is 4.79 Å². The molecule has 0 aliphatic rings. The number of oxazole rings is 1. The lowest BCUT2D eigenvalue weighted by atomic mass is 10.1. The molecule has 0 aliphatic carbocycles. The Morgan fingerprint density at radius 2 is 2.38 bits per heavy atom. The van der Waals surface area contributed by atoms with E-state index in [2.05, 4.69) is 9.97 Å². The Balaban J connectivity index is 2.29. The van der Waals surface area contributed by atoms with Gasteiger partial charge in [-0.25, -0.2) is 4.98 Å². The summed E-state index contributed by atoms with van der Waals surface area (Å²) in [5.41, 5.74) is 2.12. The summed E-state index contributed by atoms with van der Waals surface area (Å²) in [6.07, 6.45) is 1.99. The summed E-state index contributed by atoms with van der Waals surface area (Å²) in [5, 5.41) is 8.78. The Morgan fingerprint density at radius 1 is 1.62 bits per heavy atom. The maximum atomic E-state index is 10.7. The average Bonchev–Trinajstić information content (AvgIpc) is 2.58. The SMILES string of the molecule is Cc1cnc2nc(CC(C)C(=O)O)oc2c1. The van der Waals surface area contributed by atoms with E-state index < -0.39 is 11.9 Å². The highest BCUT2D eigenvalue weighted by atomic mass is 16.4. The van der Waals surface area contributed by atoms with Crippen LogP contribution in [0.5, 0.6) is 0 Å². The monoisotopic (exact) mass is 220 g/mol. The molecule has 1 atom stereocenters. The van der Waals surface area contributed by atoms with E-state index in [-0.39, 0.29) is 6.42 Å². The van der Waals surface area contributed by atoms with Crippen molar-refractivity contribution in [3.8, 4) is 0 Å². The smallest absolute Gasteiger partial charge is 0.306 e. The van der Waals surface area contributed by atoms with Crippen LogP contribution < -0.4 is 0 Å². The molecule has 1 unspecified atom stereocenters. The van der Waals surface area contributed by atoms with E-state index in [1.807, 2.05) is 13.0 Å². The lowest BCUT2D eigenvalue weighted by molar-refractivity contribution is -0.141. The fourth-order valence-corrected chi connectivity index (χ4v) is 1.40. The number of carboxylic acids is 1. The summed E-state index contributed by atoms with van der Waals surface area (Å²) in [4.78, 5) is 18.9. The van der Waals surface area contributed by atoms with Gasteiger partial charge in [0.2, 0.25) is 0 Å². The predicted octanol–water partition coefficient (Wildman–Crippen LogP) is 1.79. The lowest BCUT2D eigenvalue weighted by Gasteiger charge is -2.00. The van der Waals surface area contributed by atoms with Crippen LogP contribution in [0, 0.1) is 12.8 Å². The van der Waals surface area contributed by atoms with Crippen molar-refractivity contribution in [3.05, 3.63) is 23.7 Å². The van der Waals surface area contributed by atoms with Crippen molar-refractivity contribution in [2.24, 2.45) is 5.92 Å². The molecule has 0 saturated heterocycles. The summed E-state index contributed by atoms with van der Waals surface area (Å²) in [6, 6.07) is 1.84. The van der Waals surface area contributed by atoms with Crippen molar-refractivity contribution in [2.45, 2.75) is 20.3 Å². The summed E-state index contributed by atoms with van der Waals surface area (Å²) >= 11 is 0. The number of aryl methyl sites for hydroxylation is 1. The van der Waals surface area contributed by atoms with Crippen molar-refractivity contribution in [3.63, 3.8) is 0 Å². The molecule has 2 aromatic rings. The first-order valence-corrected chi connectivity index (χ1v) is 5.01. The van der Waals surface area contributed by atoms with Crippen LogP contribution in [0.3, 0.4) is 0 Å². The third-order valence-electron chi connectivity index (χ3n) is 2.33. The molecular weight excluding hydrogens is 208 g/mol. The van der Waals surface area contributed by atoms with Crippen molar-refractivity contribution in [2.75, 3.05) is 0 Å². The highest BCUT2D eigenvalue weighted by Crippen LogP contribution is 2.16. The van der Waals surface area contributed by atoms with Crippen molar-refractivity contribution in [1.82, 2.24) is 9.97 Å². The molecule has 5 heteroatoms. The van der Waals surface area contributed by atoms with Gasteiger partial charge in [-0.1, -0.05) is 6.92 Å². The van der Waals surface area contributed by atoms with Crippen molar-refractivity contribution in [1.29, 1.82) is 0 Å². The Bertz CT molecular complexity index is 533. The Kier molecular flexibility index (Phi) is 2.60. The van der Waals surface area contributed by atoms with Gasteiger partial charge in [0.05, 0.1) is 5.92 Å². The molecule has 16 heavy (non-hydrogen) atoms. The maximum Gasteiger partial charge on any atom is 0.306 e. The second-order valence-electron chi connectivity index (χ2n) is 3.89. The summed E-state index contributed by atoms with van der Waals surface area (Å²) in [6.45, 7) is 3.53. The maximum absolute atomic E-state index is 10.7. The van der Waals surface area contributed by atoms with Crippen LogP contribution in [0.25, 0.3) is 11.2 Å². The van der Waals surface area contributed by atoms with Crippen LogP contribution in [0.2, 0.25) is 0 Å². The number of nitrogens with zero attached hydrogens (tertiary/aromatic N) is 2. The number of hydrogen-bond acceptors (Lipinski definition) is 4. The van der Waals surface area contributed by atoms with E-state index in [0.29, 0.717) is 17.1 Å². The number of aromatic nitrogens is 2. The lowest BCUT2D eigenvalue weighted by Crippen LogP contribution is -2.12. The molecule has 0 spiro atoms. The van der Waals surface area contributed by atoms with Crippen LogP contribution in [-0.2, 0) is 11.2 Å². The average molecular weight is 220 g/mol. The van der Waals surface area contributed by atoms with Crippen LogP contribution in [-0.4, -0.2) is 21.0 Å². The summed E-state index contributed by atoms with van der Waals surface area (Å²) in [7, 11) is 0. The number of carboxylic acid groups (broad SMARTS) is 1. The van der Waals surface area contributed by atoms with E-state index in [0.717, 1.165) is 5.56 Å². The molecule has 2 rings (SSSR count). The van der Waals surface area contributed by atoms with Crippen LogP contribution in [0.15, 0.2) is 16.7 Å². The normalized spacial score (nSPS) is 12.9. The van der Waals surface area contributed by atoms with E-state index in [1.54, 1.807) is 13.1 Å². The number of fused-ring (bicyclic) bond motifs is 1. The van der Waals surface area contributed by atoms with Gasteiger partial charge < -0.3 is 9.52 Å². The number of rotatable bonds is 3. The third-order valence-corrected chi connectivity index (χ3v) is 2.33. The fourth-order valence-electron chi connectivity index (χ4n) is 1.40. The van der Waals surface area contributed by atoms with Crippen molar-refractivity contribution < 1.29 is 14.3 Å². The minimum Gasteiger partial charge on any atom is -0.481 e. The minimum absolute atomic E-state index is 0.282. The second kappa shape index (κ2) is 3.92. The predicted molar refractivity (Wildman–Crippen MR) is 57.0 cm³/mol. The molecule has 2 heterocycles. The third kappa shape index (κ3) is 2.03. The van der Waals surface area contributed by atoms with Gasteiger partial charge in [0.15, 0.2) is 17.1 Å². The topological polar surface area (TPSA) is 76.2 Å². The minimum atomic E-state index is -0.855. The molecule has 1 N–H and O–H groups in total. The first-order valence-electron chi connectivity index (χ1n) is 5.01. The molecule has 0 amide bonds. The molecule has 5 nitrogen and oxygen atoms in total. The highest BCUT2D eigenvalue weighted by Gasteiger charge is 2.16. The second-order valence-corrected chi connectivity index (χ2v) is 3.89. The summed E-state index contributed by atoms with van der Waals surface area (Å²) < 4.78 is 5.43. The molecule has 0 bridgehead atoms. The van der Waals surface area contributed by atoms with Gasteiger partial charge in [0.1, 0.15) is 0 Å². The first kappa shape index (κ1) is 10.6.